The molecule has 1 aromatic heterocycles. The fourth-order valence-electron chi connectivity index (χ4n) is 3.95. The number of aliphatic imine (C=N–C) groups is 1. The van der Waals surface area contributed by atoms with E-state index in [1.54, 1.807) is 18.4 Å². The Hall–Kier alpha value is -0.870. The summed E-state index contributed by atoms with van der Waals surface area (Å²) in [6, 6.07) is 2.67. The number of hydrogen-bond acceptors (Lipinski definition) is 5. The van der Waals surface area contributed by atoms with Crippen LogP contribution in [-0.2, 0) is 16.1 Å². The zero-order valence-electron chi connectivity index (χ0n) is 17.4. The van der Waals surface area contributed by atoms with Gasteiger partial charge in [0.1, 0.15) is 6.10 Å². The van der Waals surface area contributed by atoms with Gasteiger partial charge in [0, 0.05) is 45.7 Å². The third-order valence-electron chi connectivity index (χ3n) is 5.59. The fraction of sp³-hybridized carbons (Fsp3) is 0.714. The van der Waals surface area contributed by atoms with Gasteiger partial charge in [0.15, 0.2) is 5.96 Å². The Bertz CT molecular complexity index is 612. The molecule has 2 heterocycles. The van der Waals surface area contributed by atoms with Gasteiger partial charge in [0.2, 0.25) is 0 Å². The van der Waals surface area contributed by atoms with Crippen molar-refractivity contribution in [3.05, 3.63) is 22.4 Å². The average Bonchev–Trinajstić information content (AvgIpc) is 3.40. The van der Waals surface area contributed by atoms with Crippen LogP contribution in [0.25, 0.3) is 0 Å². The molecule has 0 amide bonds. The van der Waals surface area contributed by atoms with Crippen molar-refractivity contribution in [3.63, 3.8) is 0 Å². The lowest BCUT2D eigenvalue weighted by Crippen LogP contribution is -2.48. The predicted octanol–water partition coefficient (Wildman–Crippen LogP) is 3.76. The van der Waals surface area contributed by atoms with Crippen LogP contribution in [-0.4, -0.2) is 55.7 Å². The van der Waals surface area contributed by atoms with Gasteiger partial charge in [-0.1, -0.05) is 0 Å². The predicted molar refractivity (Wildman–Crippen MR) is 130 cm³/mol. The van der Waals surface area contributed by atoms with Crippen LogP contribution in [0.2, 0.25) is 0 Å². The third kappa shape index (κ3) is 8.80. The van der Waals surface area contributed by atoms with Gasteiger partial charge in [-0.3, -0.25) is 14.7 Å². The van der Waals surface area contributed by atoms with Gasteiger partial charge in [0.05, 0.1) is 0 Å². The summed E-state index contributed by atoms with van der Waals surface area (Å²) < 4.78 is 5.50. The number of rotatable bonds is 8. The van der Waals surface area contributed by atoms with Crippen molar-refractivity contribution in [1.82, 2.24) is 15.5 Å². The lowest BCUT2D eigenvalue weighted by Gasteiger charge is -2.32. The fourth-order valence-corrected chi connectivity index (χ4v) is 4.61. The minimum atomic E-state index is -0.0605. The molecule has 2 fully saturated rings. The molecule has 6 nitrogen and oxygen atoms in total. The lowest BCUT2D eigenvalue weighted by atomic mass is 10.0. The molecule has 1 saturated heterocycles. The van der Waals surface area contributed by atoms with Gasteiger partial charge < -0.3 is 15.4 Å². The normalized spacial score (nSPS) is 19.0. The summed E-state index contributed by atoms with van der Waals surface area (Å²) in [6.07, 6.45) is 8.10. The molecule has 0 atom stereocenters. The topological polar surface area (TPSA) is 66.0 Å². The Morgan fingerprint density at radius 3 is 2.69 bits per heavy atom. The highest BCUT2D eigenvalue weighted by molar-refractivity contribution is 14.0. The number of piperidine rings is 1. The van der Waals surface area contributed by atoms with Crippen molar-refractivity contribution in [2.75, 3.05) is 26.7 Å². The molecule has 1 aliphatic carbocycles. The van der Waals surface area contributed by atoms with Crippen LogP contribution >= 0.6 is 35.3 Å². The summed E-state index contributed by atoms with van der Waals surface area (Å²) in [5.41, 5.74) is 1.42. The molecule has 29 heavy (non-hydrogen) atoms. The molecule has 1 aromatic rings. The molecule has 1 saturated carbocycles. The van der Waals surface area contributed by atoms with E-state index in [-0.39, 0.29) is 36.0 Å². The summed E-state index contributed by atoms with van der Waals surface area (Å²) in [4.78, 5) is 18.7. The van der Waals surface area contributed by atoms with E-state index in [9.17, 15) is 4.79 Å². The second-order valence-electron chi connectivity index (χ2n) is 7.83. The number of hydrogen-bond donors (Lipinski definition) is 2. The van der Waals surface area contributed by atoms with Crippen molar-refractivity contribution < 1.29 is 9.53 Å². The lowest BCUT2D eigenvalue weighted by molar-refractivity contribution is -0.148. The van der Waals surface area contributed by atoms with E-state index in [4.69, 9.17) is 4.74 Å². The largest absolute Gasteiger partial charge is 0.462 e. The Morgan fingerprint density at radius 1 is 1.28 bits per heavy atom. The first-order valence-electron chi connectivity index (χ1n) is 10.6. The minimum Gasteiger partial charge on any atom is -0.462 e. The molecule has 0 bridgehead atoms. The summed E-state index contributed by atoms with van der Waals surface area (Å²) in [5, 5.41) is 11.2. The van der Waals surface area contributed by atoms with Crippen molar-refractivity contribution in [2.24, 2.45) is 4.99 Å². The number of halogens is 1. The first-order valence-corrected chi connectivity index (χ1v) is 11.6. The SMILES string of the molecule is CN=C(NCCCC(=O)OC1CCCC1)NC1CCN(Cc2ccsc2)CC1.I. The van der Waals surface area contributed by atoms with Gasteiger partial charge in [0.25, 0.3) is 0 Å². The zero-order chi connectivity index (χ0) is 19.6. The van der Waals surface area contributed by atoms with Gasteiger partial charge in [-0.2, -0.15) is 11.3 Å². The number of ether oxygens (including phenoxy) is 1. The summed E-state index contributed by atoms with van der Waals surface area (Å²) in [5.74, 6) is 0.773. The molecule has 2 N–H and O–H groups in total. The highest BCUT2D eigenvalue weighted by atomic mass is 127. The molecule has 0 spiro atoms. The number of thiophene rings is 1. The number of carbonyl (C=O) groups excluding carboxylic acids is 1. The Kier molecular flexibility index (Phi) is 11.3. The van der Waals surface area contributed by atoms with E-state index in [1.807, 2.05) is 0 Å². The molecule has 0 aromatic carbocycles. The molecular weight excluding hydrogens is 499 g/mol. The van der Waals surface area contributed by atoms with E-state index in [2.05, 4.69) is 37.4 Å². The van der Waals surface area contributed by atoms with Crippen molar-refractivity contribution in [1.29, 1.82) is 0 Å². The number of likely N-dealkylation sites (tertiary alicyclic amines) is 1. The van der Waals surface area contributed by atoms with E-state index >= 15 is 0 Å². The van der Waals surface area contributed by atoms with Gasteiger partial charge in [-0.15, -0.1) is 24.0 Å². The maximum atomic E-state index is 11.9. The van der Waals surface area contributed by atoms with Crippen molar-refractivity contribution in [3.8, 4) is 0 Å². The first kappa shape index (κ1) is 24.4. The maximum absolute atomic E-state index is 11.9. The monoisotopic (exact) mass is 534 g/mol. The van der Waals surface area contributed by atoms with Crippen LogP contribution in [0.1, 0.15) is 56.9 Å². The van der Waals surface area contributed by atoms with E-state index < -0.39 is 0 Å². The van der Waals surface area contributed by atoms with Crippen molar-refractivity contribution in [2.45, 2.75) is 70.1 Å². The van der Waals surface area contributed by atoms with E-state index in [0.29, 0.717) is 12.5 Å². The number of guanidine groups is 1. The number of carbonyl (C=O) groups is 1. The summed E-state index contributed by atoms with van der Waals surface area (Å²) in [6.45, 7) is 4.01. The summed E-state index contributed by atoms with van der Waals surface area (Å²) in [7, 11) is 1.80. The van der Waals surface area contributed by atoms with Crippen LogP contribution in [0.4, 0.5) is 0 Å². The Labute approximate surface area is 195 Å². The molecule has 8 heteroatoms. The van der Waals surface area contributed by atoms with Crippen LogP contribution < -0.4 is 10.6 Å². The highest BCUT2D eigenvalue weighted by Crippen LogP contribution is 2.21. The minimum absolute atomic E-state index is 0. The van der Waals surface area contributed by atoms with E-state index in [0.717, 1.165) is 64.2 Å². The Morgan fingerprint density at radius 2 is 2.03 bits per heavy atom. The van der Waals surface area contributed by atoms with Crippen LogP contribution in [0.5, 0.6) is 0 Å². The highest BCUT2D eigenvalue weighted by Gasteiger charge is 2.21. The molecule has 1 aliphatic heterocycles. The standard InChI is InChI=1S/C21H34N4O2S.HI/c1-22-21(23-11-4-7-20(26)27-19-5-2-3-6-19)24-18-8-12-25(13-9-18)15-17-10-14-28-16-17;/h10,14,16,18-19H,2-9,11-13,15H2,1H3,(H2,22,23,24);1H. The molecule has 2 aliphatic rings. The van der Waals surface area contributed by atoms with Gasteiger partial charge in [-0.25, -0.2) is 0 Å². The second kappa shape index (κ2) is 13.4. The molecular formula is C21H35IN4O2S. The first-order chi connectivity index (χ1) is 13.7. The smallest absolute Gasteiger partial charge is 0.306 e. The Balaban J connectivity index is 0.00000300. The number of esters is 1. The van der Waals surface area contributed by atoms with Crippen LogP contribution in [0.3, 0.4) is 0 Å². The van der Waals surface area contributed by atoms with Crippen LogP contribution in [0.15, 0.2) is 21.8 Å². The molecule has 3 rings (SSSR count). The number of nitrogens with zero attached hydrogens (tertiary/aromatic N) is 2. The van der Waals surface area contributed by atoms with Gasteiger partial charge >= 0.3 is 5.97 Å². The summed E-state index contributed by atoms with van der Waals surface area (Å²) >= 11 is 1.77. The van der Waals surface area contributed by atoms with E-state index in [1.165, 1.54) is 18.4 Å². The number of nitrogens with one attached hydrogen (secondary N) is 2. The molecule has 164 valence electrons. The molecule has 0 radical (unpaired) electrons. The zero-order valence-corrected chi connectivity index (χ0v) is 20.5. The molecule has 0 unspecified atom stereocenters. The quantitative estimate of drug-likeness (QED) is 0.175. The van der Waals surface area contributed by atoms with Gasteiger partial charge in [-0.05, 0) is 67.3 Å². The van der Waals surface area contributed by atoms with Crippen molar-refractivity contribution >= 4 is 47.2 Å². The third-order valence-corrected chi connectivity index (χ3v) is 6.32. The average molecular weight is 535 g/mol. The second-order valence-corrected chi connectivity index (χ2v) is 8.61. The van der Waals surface area contributed by atoms with Crippen LogP contribution in [0, 0.1) is 0 Å². The maximum Gasteiger partial charge on any atom is 0.306 e.